The first-order valence-electron chi connectivity index (χ1n) is 10.5. The fraction of sp³-hybridized carbons (Fsp3) is 0.240. The molecule has 1 aliphatic rings. The Bertz CT molecular complexity index is 1190. The average molecular weight is 451 g/mol. The molecule has 0 aromatic heterocycles. The summed E-state index contributed by atoms with van der Waals surface area (Å²) in [6.07, 6.45) is -0.951. The van der Waals surface area contributed by atoms with Crippen molar-refractivity contribution in [1.29, 1.82) is 0 Å². The smallest absolute Gasteiger partial charge is 0.264 e. The highest BCUT2D eigenvalue weighted by molar-refractivity contribution is 7.92. The van der Waals surface area contributed by atoms with Crippen LogP contribution in [-0.4, -0.2) is 33.5 Å². The second-order valence-electron chi connectivity index (χ2n) is 7.98. The number of hydrogen-bond acceptors (Lipinski definition) is 4. The highest BCUT2D eigenvalue weighted by atomic mass is 32.2. The van der Waals surface area contributed by atoms with Crippen LogP contribution >= 0.6 is 0 Å². The Morgan fingerprint density at radius 3 is 2.41 bits per heavy atom. The fourth-order valence-corrected chi connectivity index (χ4v) is 5.15. The number of fused-ring (bicyclic) bond motifs is 1. The van der Waals surface area contributed by atoms with Gasteiger partial charge in [0.05, 0.1) is 17.1 Å². The van der Waals surface area contributed by atoms with Crippen molar-refractivity contribution in [3.63, 3.8) is 0 Å². The van der Waals surface area contributed by atoms with Crippen LogP contribution in [0.5, 0.6) is 5.75 Å². The summed E-state index contributed by atoms with van der Waals surface area (Å²) < 4.78 is 34.0. The molecule has 0 saturated carbocycles. The fourth-order valence-electron chi connectivity index (χ4n) is 3.67. The monoisotopic (exact) mass is 450 g/mol. The van der Waals surface area contributed by atoms with Crippen molar-refractivity contribution in [2.75, 3.05) is 17.4 Å². The highest BCUT2D eigenvalue weighted by Crippen LogP contribution is 2.36. The molecule has 6 nitrogen and oxygen atoms in total. The zero-order valence-corrected chi connectivity index (χ0v) is 18.9. The summed E-state index contributed by atoms with van der Waals surface area (Å²) in [5.41, 5.74) is 2.51. The maximum absolute atomic E-state index is 13.4. The van der Waals surface area contributed by atoms with Crippen molar-refractivity contribution >= 4 is 21.6 Å². The molecule has 0 unspecified atom stereocenters. The largest absolute Gasteiger partial charge is 0.476 e. The van der Waals surface area contributed by atoms with E-state index in [-0.39, 0.29) is 23.3 Å². The van der Waals surface area contributed by atoms with E-state index < -0.39 is 16.1 Å². The number of rotatable bonds is 6. The van der Waals surface area contributed by atoms with E-state index in [2.05, 4.69) is 5.32 Å². The summed E-state index contributed by atoms with van der Waals surface area (Å²) in [7, 11) is -3.86. The Kier molecular flexibility index (Phi) is 6.19. The Balaban J connectivity index is 1.55. The van der Waals surface area contributed by atoms with Crippen LogP contribution in [0.4, 0.5) is 5.69 Å². The summed E-state index contributed by atoms with van der Waals surface area (Å²) in [6.45, 7) is 4.26. The summed E-state index contributed by atoms with van der Waals surface area (Å²) >= 11 is 0. The molecule has 3 aromatic rings. The second-order valence-corrected chi connectivity index (χ2v) is 9.84. The molecule has 3 aromatic carbocycles. The SMILES string of the molecule is Cc1ccc(S(=O)(=O)N2C[C@H](C(=O)NC[C@@H](C)c3ccccc3)Oc3ccccc32)cc1. The van der Waals surface area contributed by atoms with Gasteiger partial charge in [0.2, 0.25) is 0 Å². The van der Waals surface area contributed by atoms with E-state index in [1.165, 1.54) is 4.31 Å². The number of aryl methyl sites for hydroxylation is 1. The van der Waals surface area contributed by atoms with Crippen molar-refractivity contribution in [3.8, 4) is 5.75 Å². The number of sulfonamides is 1. The third-order valence-corrected chi connectivity index (χ3v) is 7.38. The first-order chi connectivity index (χ1) is 15.4. The molecule has 0 fully saturated rings. The van der Waals surface area contributed by atoms with Gasteiger partial charge in [0.25, 0.3) is 15.9 Å². The number of benzene rings is 3. The van der Waals surface area contributed by atoms with Crippen LogP contribution in [0, 0.1) is 6.92 Å². The average Bonchev–Trinajstić information content (AvgIpc) is 2.82. The molecule has 2 atom stereocenters. The number of carbonyl (C=O) groups is 1. The summed E-state index contributed by atoms with van der Waals surface area (Å²) in [4.78, 5) is 13.1. The Hall–Kier alpha value is -3.32. The summed E-state index contributed by atoms with van der Waals surface area (Å²) in [5.74, 6) is 0.139. The van der Waals surface area contributed by atoms with Crippen molar-refractivity contribution in [3.05, 3.63) is 90.0 Å². The zero-order chi connectivity index (χ0) is 22.7. The minimum Gasteiger partial charge on any atom is -0.476 e. The van der Waals surface area contributed by atoms with Gasteiger partial charge in [-0.15, -0.1) is 0 Å². The van der Waals surface area contributed by atoms with Gasteiger partial charge in [0.15, 0.2) is 6.10 Å². The molecular weight excluding hydrogens is 424 g/mol. The molecule has 0 radical (unpaired) electrons. The minimum absolute atomic E-state index is 0.0984. The Morgan fingerprint density at radius 2 is 1.69 bits per heavy atom. The van der Waals surface area contributed by atoms with Gasteiger partial charge in [-0.3, -0.25) is 9.10 Å². The maximum atomic E-state index is 13.4. The lowest BCUT2D eigenvalue weighted by atomic mass is 10.0. The molecule has 1 N–H and O–H groups in total. The van der Waals surface area contributed by atoms with E-state index in [1.54, 1.807) is 48.5 Å². The number of nitrogens with zero attached hydrogens (tertiary/aromatic N) is 1. The topological polar surface area (TPSA) is 75.7 Å². The Labute approximate surface area is 188 Å². The predicted molar refractivity (Wildman–Crippen MR) is 124 cm³/mol. The molecule has 0 spiro atoms. The van der Waals surface area contributed by atoms with Crippen molar-refractivity contribution in [2.45, 2.75) is 30.8 Å². The highest BCUT2D eigenvalue weighted by Gasteiger charge is 2.37. The van der Waals surface area contributed by atoms with E-state index in [1.807, 2.05) is 44.2 Å². The molecule has 1 amide bonds. The standard InChI is InChI=1S/C25H26N2O4S/c1-18-12-14-21(15-13-18)32(29,30)27-17-24(31-23-11-7-6-10-22(23)27)25(28)26-16-19(2)20-8-4-3-5-9-20/h3-15,19,24H,16-17H2,1-2H3,(H,26,28)/t19-,24-/m1/s1. The predicted octanol–water partition coefficient (Wildman–Crippen LogP) is 3.87. The van der Waals surface area contributed by atoms with Gasteiger partial charge < -0.3 is 10.1 Å². The number of carbonyl (C=O) groups excluding carboxylic acids is 1. The lowest BCUT2D eigenvalue weighted by molar-refractivity contribution is -0.127. The third-order valence-electron chi connectivity index (χ3n) is 5.59. The van der Waals surface area contributed by atoms with Gasteiger partial charge in [-0.1, -0.05) is 67.1 Å². The van der Waals surface area contributed by atoms with Crippen LogP contribution in [0.3, 0.4) is 0 Å². The van der Waals surface area contributed by atoms with E-state index in [4.69, 9.17) is 4.74 Å². The van der Waals surface area contributed by atoms with Crippen LogP contribution in [0.25, 0.3) is 0 Å². The zero-order valence-electron chi connectivity index (χ0n) is 18.1. The molecule has 4 rings (SSSR count). The first-order valence-corrected chi connectivity index (χ1v) is 12.0. The molecule has 7 heteroatoms. The van der Waals surface area contributed by atoms with E-state index in [0.717, 1.165) is 11.1 Å². The maximum Gasteiger partial charge on any atom is 0.264 e. The molecule has 0 saturated heterocycles. The van der Waals surface area contributed by atoms with Crippen molar-refractivity contribution in [2.24, 2.45) is 0 Å². The van der Waals surface area contributed by atoms with Gasteiger partial charge in [-0.2, -0.15) is 0 Å². The van der Waals surface area contributed by atoms with Gasteiger partial charge in [0, 0.05) is 6.54 Å². The van der Waals surface area contributed by atoms with Crippen molar-refractivity contribution < 1.29 is 17.9 Å². The van der Waals surface area contributed by atoms with Crippen LogP contribution in [0.2, 0.25) is 0 Å². The quantitative estimate of drug-likeness (QED) is 0.619. The van der Waals surface area contributed by atoms with Gasteiger partial charge in [-0.25, -0.2) is 8.42 Å². The van der Waals surface area contributed by atoms with Crippen LogP contribution < -0.4 is 14.4 Å². The number of amides is 1. The molecule has 1 heterocycles. The Morgan fingerprint density at radius 1 is 1.03 bits per heavy atom. The molecular formula is C25H26N2O4S. The second kappa shape index (κ2) is 9.04. The molecule has 166 valence electrons. The normalized spacial score (nSPS) is 16.6. The molecule has 0 bridgehead atoms. The molecule has 0 aliphatic carbocycles. The lowest BCUT2D eigenvalue weighted by Gasteiger charge is -2.34. The number of ether oxygens (including phenoxy) is 1. The number of para-hydroxylation sites is 2. The van der Waals surface area contributed by atoms with Crippen LogP contribution in [0.1, 0.15) is 24.0 Å². The van der Waals surface area contributed by atoms with Gasteiger partial charge >= 0.3 is 0 Å². The van der Waals surface area contributed by atoms with E-state index >= 15 is 0 Å². The lowest BCUT2D eigenvalue weighted by Crippen LogP contribution is -2.51. The summed E-state index contributed by atoms with van der Waals surface area (Å²) in [5, 5.41) is 2.92. The van der Waals surface area contributed by atoms with Crippen LogP contribution in [-0.2, 0) is 14.8 Å². The van der Waals surface area contributed by atoms with E-state index in [9.17, 15) is 13.2 Å². The number of anilines is 1. The summed E-state index contributed by atoms with van der Waals surface area (Å²) in [6, 6.07) is 23.5. The van der Waals surface area contributed by atoms with Crippen LogP contribution in [0.15, 0.2) is 83.8 Å². The molecule has 1 aliphatic heterocycles. The minimum atomic E-state index is -3.86. The molecule has 32 heavy (non-hydrogen) atoms. The van der Waals surface area contributed by atoms with E-state index in [0.29, 0.717) is 18.0 Å². The van der Waals surface area contributed by atoms with Gasteiger partial charge in [-0.05, 0) is 42.7 Å². The van der Waals surface area contributed by atoms with Crippen molar-refractivity contribution in [1.82, 2.24) is 5.32 Å². The first kappa shape index (κ1) is 21.9. The third kappa shape index (κ3) is 4.48. The number of nitrogens with one attached hydrogen (secondary N) is 1. The van der Waals surface area contributed by atoms with Gasteiger partial charge in [0.1, 0.15) is 5.75 Å². The number of hydrogen-bond donors (Lipinski definition) is 1.